The standard InChI is InChI=1S/C10H12BrNO3S/c1-10(2,9(14)15)5-12-8(13)7-3-6(11)4-16-7/h3-4H,5H2,1-2H3,(H,12,13)(H,14,15). The monoisotopic (exact) mass is 305 g/mol. The van der Waals surface area contributed by atoms with E-state index in [1.54, 1.807) is 25.3 Å². The Bertz CT molecular complexity index is 414. The molecule has 0 saturated carbocycles. The zero-order chi connectivity index (χ0) is 12.3. The van der Waals surface area contributed by atoms with E-state index in [4.69, 9.17) is 5.11 Å². The van der Waals surface area contributed by atoms with Crippen molar-refractivity contribution in [2.45, 2.75) is 13.8 Å². The lowest BCUT2D eigenvalue weighted by Crippen LogP contribution is -2.38. The fourth-order valence-corrected chi connectivity index (χ4v) is 2.24. The second-order valence-corrected chi connectivity index (χ2v) is 5.83. The third-order valence-electron chi connectivity index (χ3n) is 2.06. The fourth-order valence-electron chi connectivity index (χ4n) is 0.896. The first-order valence-corrected chi connectivity index (χ1v) is 6.26. The Balaban J connectivity index is 2.57. The van der Waals surface area contributed by atoms with Crippen LogP contribution in [0.5, 0.6) is 0 Å². The number of carboxylic acids is 1. The molecule has 4 nitrogen and oxygen atoms in total. The Kier molecular flexibility index (Phi) is 4.09. The smallest absolute Gasteiger partial charge is 0.310 e. The van der Waals surface area contributed by atoms with Crippen LogP contribution in [0.2, 0.25) is 0 Å². The molecule has 0 unspecified atom stereocenters. The van der Waals surface area contributed by atoms with Crippen LogP contribution in [0.25, 0.3) is 0 Å². The second-order valence-electron chi connectivity index (χ2n) is 4.00. The van der Waals surface area contributed by atoms with Crippen molar-refractivity contribution in [3.05, 3.63) is 20.8 Å². The molecular formula is C10H12BrNO3S. The number of aliphatic carboxylic acids is 1. The molecule has 1 amide bonds. The number of halogens is 1. The first kappa shape index (κ1) is 13.2. The molecule has 0 spiro atoms. The minimum absolute atomic E-state index is 0.108. The van der Waals surface area contributed by atoms with Crippen LogP contribution >= 0.6 is 27.3 Å². The zero-order valence-corrected chi connectivity index (χ0v) is 11.3. The Morgan fingerprint density at radius 2 is 2.19 bits per heavy atom. The van der Waals surface area contributed by atoms with Crippen LogP contribution in [0, 0.1) is 5.41 Å². The summed E-state index contributed by atoms with van der Waals surface area (Å²) in [7, 11) is 0. The van der Waals surface area contributed by atoms with Crippen LogP contribution in [0.15, 0.2) is 15.9 Å². The van der Waals surface area contributed by atoms with Crippen LogP contribution in [0.1, 0.15) is 23.5 Å². The largest absolute Gasteiger partial charge is 0.481 e. The molecule has 0 atom stereocenters. The molecule has 1 heterocycles. The summed E-state index contributed by atoms with van der Waals surface area (Å²) in [6.07, 6.45) is 0. The molecule has 88 valence electrons. The summed E-state index contributed by atoms with van der Waals surface area (Å²) < 4.78 is 0.847. The lowest BCUT2D eigenvalue weighted by molar-refractivity contribution is -0.146. The number of amides is 1. The third kappa shape index (κ3) is 3.31. The van der Waals surface area contributed by atoms with E-state index in [0.29, 0.717) is 4.88 Å². The van der Waals surface area contributed by atoms with E-state index >= 15 is 0 Å². The molecule has 0 bridgehead atoms. The maximum Gasteiger partial charge on any atom is 0.310 e. The Morgan fingerprint density at radius 1 is 1.56 bits per heavy atom. The Morgan fingerprint density at radius 3 is 2.62 bits per heavy atom. The predicted octanol–water partition coefficient (Wildman–Crippen LogP) is 2.35. The molecule has 0 radical (unpaired) electrons. The molecule has 0 aliphatic heterocycles. The van der Waals surface area contributed by atoms with E-state index < -0.39 is 11.4 Å². The molecular weight excluding hydrogens is 294 g/mol. The highest BCUT2D eigenvalue weighted by Crippen LogP contribution is 2.20. The van der Waals surface area contributed by atoms with Gasteiger partial charge in [0.15, 0.2) is 0 Å². The van der Waals surface area contributed by atoms with Crippen LogP contribution in [-0.4, -0.2) is 23.5 Å². The second kappa shape index (κ2) is 4.97. The Hall–Kier alpha value is -0.880. The van der Waals surface area contributed by atoms with E-state index in [9.17, 15) is 9.59 Å². The topological polar surface area (TPSA) is 66.4 Å². The first-order valence-electron chi connectivity index (χ1n) is 4.58. The molecule has 6 heteroatoms. The molecule has 0 saturated heterocycles. The van der Waals surface area contributed by atoms with Gasteiger partial charge in [0, 0.05) is 16.4 Å². The molecule has 0 fully saturated rings. The van der Waals surface area contributed by atoms with Crippen molar-refractivity contribution < 1.29 is 14.7 Å². The van der Waals surface area contributed by atoms with Gasteiger partial charge in [-0.05, 0) is 35.8 Å². The summed E-state index contributed by atoms with van der Waals surface area (Å²) in [4.78, 5) is 23.0. The van der Waals surface area contributed by atoms with E-state index in [-0.39, 0.29) is 12.5 Å². The fraction of sp³-hybridized carbons (Fsp3) is 0.400. The van der Waals surface area contributed by atoms with Gasteiger partial charge >= 0.3 is 5.97 Å². The van der Waals surface area contributed by atoms with Gasteiger partial charge in [-0.2, -0.15) is 0 Å². The van der Waals surface area contributed by atoms with Crippen molar-refractivity contribution in [3.63, 3.8) is 0 Å². The summed E-state index contributed by atoms with van der Waals surface area (Å²) in [6.45, 7) is 3.25. The molecule has 0 aliphatic rings. The average Bonchev–Trinajstić information content (AvgIpc) is 2.61. The number of carboxylic acid groups (broad SMARTS) is 1. The van der Waals surface area contributed by atoms with Crippen LogP contribution in [0.3, 0.4) is 0 Å². The quantitative estimate of drug-likeness (QED) is 0.897. The third-order valence-corrected chi connectivity index (χ3v) is 3.75. The maximum absolute atomic E-state index is 11.6. The number of nitrogens with one attached hydrogen (secondary N) is 1. The van der Waals surface area contributed by atoms with Crippen LogP contribution < -0.4 is 5.32 Å². The minimum atomic E-state index is -0.954. The number of hydrogen-bond acceptors (Lipinski definition) is 3. The molecule has 0 aliphatic carbocycles. The summed E-state index contributed by atoms with van der Waals surface area (Å²) in [5.41, 5.74) is -0.954. The van der Waals surface area contributed by atoms with Gasteiger partial charge in [-0.15, -0.1) is 11.3 Å². The van der Waals surface area contributed by atoms with Gasteiger partial charge in [-0.3, -0.25) is 9.59 Å². The SMILES string of the molecule is CC(C)(CNC(=O)c1cc(Br)cs1)C(=O)O. The molecule has 2 N–H and O–H groups in total. The number of thiophene rings is 1. The van der Waals surface area contributed by atoms with E-state index in [0.717, 1.165) is 4.47 Å². The van der Waals surface area contributed by atoms with Gasteiger partial charge in [0.1, 0.15) is 0 Å². The normalized spacial score (nSPS) is 11.2. The van der Waals surface area contributed by atoms with Gasteiger partial charge in [0.05, 0.1) is 10.3 Å². The first-order chi connectivity index (χ1) is 7.33. The summed E-state index contributed by atoms with van der Waals surface area (Å²) >= 11 is 4.56. The van der Waals surface area contributed by atoms with Crippen molar-refractivity contribution in [1.82, 2.24) is 5.32 Å². The number of rotatable bonds is 4. The zero-order valence-electron chi connectivity index (χ0n) is 8.91. The van der Waals surface area contributed by atoms with E-state index in [2.05, 4.69) is 21.2 Å². The van der Waals surface area contributed by atoms with Crippen molar-refractivity contribution >= 4 is 39.1 Å². The highest BCUT2D eigenvalue weighted by atomic mass is 79.9. The minimum Gasteiger partial charge on any atom is -0.481 e. The number of hydrogen-bond donors (Lipinski definition) is 2. The van der Waals surface area contributed by atoms with Crippen molar-refractivity contribution in [2.24, 2.45) is 5.41 Å². The van der Waals surface area contributed by atoms with Gasteiger partial charge < -0.3 is 10.4 Å². The van der Waals surface area contributed by atoms with Crippen molar-refractivity contribution in [1.29, 1.82) is 0 Å². The van der Waals surface area contributed by atoms with Crippen molar-refractivity contribution in [2.75, 3.05) is 6.54 Å². The molecule has 16 heavy (non-hydrogen) atoms. The van der Waals surface area contributed by atoms with Crippen LogP contribution in [0.4, 0.5) is 0 Å². The maximum atomic E-state index is 11.6. The molecule has 1 aromatic heterocycles. The average molecular weight is 306 g/mol. The number of carbonyl (C=O) groups excluding carboxylic acids is 1. The predicted molar refractivity (Wildman–Crippen MR) is 65.8 cm³/mol. The highest BCUT2D eigenvalue weighted by molar-refractivity contribution is 9.10. The summed E-state index contributed by atoms with van der Waals surface area (Å²) in [5, 5.41) is 13.3. The van der Waals surface area contributed by atoms with Gasteiger partial charge in [0.25, 0.3) is 5.91 Å². The van der Waals surface area contributed by atoms with Gasteiger partial charge in [-0.25, -0.2) is 0 Å². The van der Waals surface area contributed by atoms with E-state index in [1.165, 1.54) is 11.3 Å². The van der Waals surface area contributed by atoms with Crippen LogP contribution in [-0.2, 0) is 4.79 Å². The molecule has 1 aromatic rings. The van der Waals surface area contributed by atoms with Gasteiger partial charge in [-0.1, -0.05) is 0 Å². The molecule has 1 rings (SSSR count). The number of carbonyl (C=O) groups is 2. The molecule has 0 aromatic carbocycles. The summed E-state index contributed by atoms with van der Waals surface area (Å²) in [5.74, 6) is -1.18. The lowest BCUT2D eigenvalue weighted by Gasteiger charge is -2.18. The van der Waals surface area contributed by atoms with Crippen molar-refractivity contribution in [3.8, 4) is 0 Å². The lowest BCUT2D eigenvalue weighted by atomic mass is 9.94. The summed E-state index contributed by atoms with van der Waals surface area (Å²) in [6, 6.07) is 1.70. The van der Waals surface area contributed by atoms with Gasteiger partial charge in [0.2, 0.25) is 0 Å². The highest BCUT2D eigenvalue weighted by Gasteiger charge is 2.27. The van der Waals surface area contributed by atoms with E-state index in [1.807, 2.05) is 0 Å². The Labute approximate surface area is 106 Å².